The summed E-state index contributed by atoms with van der Waals surface area (Å²) in [6, 6.07) is 12.5. The molecule has 0 bridgehead atoms. The van der Waals surface area contributed by atoms with Crippen LogP contribution in [0.3, 0.4) is 0 Å². The summed E-state index contributed by atoms with van der Waals surface area (Å²) in [5.74, 6) is -0.760. The third-order valence-electron chi connectivity index (χ3n) is 4.16. The minimum absolute atomic E-state index is 0.0575. The summed E-state index contributed by atoms with van der Waals surface area (Å²) in [4.78, 5) is 23.8. The van der Waals surface area contributed by atoms with Gasteiger partial charge in [-0.1, -0.05) is 35.9 Å². The smallest absolute Gasteiger partial charge is 0.309 e. The Kier molecular flexibility index (Phi) is 5.75. The Balaban J connectivity index is 1.48. The molecule has 3 rings (SSSR count). The Hall–Kier alpha value is -2.57. The Morgan fingerprint density at radius 3 is 2.73 bits per heavy atom. The van der Waals surface area contributed by atoms with Crippen molar-refractivity contribution in [1.82, 2.24) is 10.6 Å². The van der Waals surface area contributed by atoms with Crippen LogP contribution in [0.15, 0.2) is 42.5 Å². The zero-order valence-electron chi connectivity index (χ0n) is 14.0. The number of fused-ring (bicyclic) bond motifs is 1. The number of ether oxygens (including phenoxy) is 1. The fourth-order valence-electron chi connectivity index (χ4n) is 2.70. The maximum Gasteiger partial charge on any atom is 0.309 e. The molecule has 0 saturated carbocycles. The number of amides is 2. The molecule has 1 aliphatic rings. The molecule has 2 amide bonds. The van der Waals surface area contributed by atoms with E-state index in [1.54, 1.807) is 36.4 Å². The SMILES string of the molecule is O=C(NCc1ccccc1Cl)C(=O)NC[C@@H](O)c1ccc2c(c1)CCO2. The molecule has 0 aliphatic carbocycles. The normalized spacial score (nSPS) is 13.5. The maximum absolute atomic E-state index is 11.9. The largest absolute Gasteiger partial charge is 0.493 e. The molecule has 6 nitrogen and oxygen atoms in total. The third-order valence-corrected chi connectivity index (χ3v) is 4.53. The second-order valence-electron chi connectivity index (χ2n) is 5.97. The molecule has 0 aromatic heterocycles. The van der Waals surface area contributed by atoms with E-state index in [0.717, 1.165) is 23.3 Å². The van der Waals surface area contributed by atoms with Crippen molar-refractivity contribution < 1.29 is 19.4 Å². The van der Waals surface area contributed by atoms with E-state index < -0.39 is 17.9 Å². The van der Waals surface area contributed by atoms with E-state index in [1.165, 1.54) is 0 Å². The molecule has 26 heavy (non-hydrogen) atoms. The van der Waals surface area contributed by atoms with Gasteiger partial charge in [0.25, 0.3) is 0 Å². The first-order valence-electron chi connectivity index (χ1n) is 8.27. The number of rotatable bonds is 5. The van der Waals surface area contributed by atoms with Gasteiger partial charge in [0, 0.05) is 24.5 Å². The van der Waals surface area contributed by atoms with Crippen molar-refractivity contribution >= 4 is 23.4 Å². The van der Waals surface area contributed by atoms with Crippen molar-refractivity contribution in [2.24, 2.45) is 0 Å². The molecule has 7 heteroatoms. The molecule has 0 fully saturated rings. The number of nitrogens with one attached hydrogen (secondary N) is 2. The van der Waals surface area contributed by atoms with E-state index in [2.05, 4.69) is 10.6 Å². The highest BCUT2D eigenvalue weighted by molar-refractivity contribution is 6.35. The minimum Gasteiger partial charge on any atom is -0.493 e. The molecule has 1 atom stereocenters. The molecular weight excluding hydrogens is 356 g/mol. The predicted octanol–water partition coefficient (Wildman–Crippen LogP) is 1.74. The quantitative estimate of drug-likeness (QED) is 0.696. The molecule has 0 saturated heterocycles. The van der Waals surface area contributed by atoms with Gasteiger partial charge in [0.15, 0.2) is 0 Å². The first-order chi connectivity index (χ1) is 12.5. The molecule has 0 unspecified atom stereocenters. The van der Waals surface area contributed by atoms with Gasteiger partial charge >= 0.3 is 11.8 Å². The topological polar surface area (TPSA) is 87.7 Å². The number of hydrogen-bond donors (Lipinski definition) is 3. The van der Waals surface area contributed by atoms with Gasteiger partial charge in [-0.25, -0.2) is 0 Å². The molecule has 2 aromatic rings. The number of aliphatic hydroxyl groups is 1. The second kappa shape index (κ2) is 8.21. The third kappa shape index (κ3) is 4.33. The summed E-state index contributed by atoms with van der Waals surface area (Å²) in [5.41, 5.74) is 2.42. The summed E-state index contributed by atoms with van der Waals surface area (Å²) in [6.07, 6.45) is -0.103. The predicted molar refractivity (Wildman–Crippen MR) is 96.9 cm³/mol. The van der Waals surface area contributed by atoms with Gasteiger partial charge in [-0.05, 0) is 34.9 Å². The number of hydrogen-bond acceptors (Lipinski definition) is 4. The Bertz CT molecular complexity index is 825. The van der Waals surface area contributed by atoms with Crippen LogP contribution in [0.2, 0.25) is 5.02 Å². The van der Waals surface area contributed by atoms with E-state index in [1.807, 2.05) is 6.07 Å². The monoisotopic (exact) mass is 374 g/mol. The van der Waals surface area contributed by atoms with E-state index >= 15 is 0 Å². The highest BCUT2D eigenvalue weighted by Crippen LogP contribution is 2.28. The van der Waals surface area contributed by atoms with Crippen molar-refractivity contribution in [3.63, 3.8) is 0 Å². The van der Waals surface area contributed by atoms with Crippen molar-refractivity contribution in [3.05, 3.63) is 64.2 Å². The summed E-state index contributed by atoms with van der Waals surface area (Å²) >= 11 is 6.00. The molecule has 1 heterocycles. The number of benzene rings is 2. The Morgan fingerprint density at radius 1 is 1.15 bits per heavy atom. The summed E-state index contributed by atoms with van der Waals surface area (Å²) in [7, 11) is 0. The fourth-order valence-corrected chi connectivity index (χ4v) is 2.90. The summed E-state index contributed by atoms with van der Waals surface area (Å²) in [5, 5.41) is 15.7. The zero-order chi connectivity index (χ0) is 18.5. The molecular formula is C19H19ClN2O4. The number of carbonyl (C=O) groups is 2. The van der Waals surface area contributed by atoms with Crippen LogP contribution in [0.5, 0.6) is 5.75 Å². The van der Waals surface area contributed by atoms with E-state index in [9.17, 15) is 14.7 Å². The lowest BCUT2D eigenvalue weighted by Crippen LogP contribution is -2.41. The van der Waals surface area contributed by atoms with E-state index in [-0.39, 0.29) is 13.1 Å². The van der Waals surface area contributed by atoms with Crippen molar-refractivity contribution in [2.75, 3.05) is 13.2 Å². The molecule has 3 N–H and O–H groups in total. The Labute approximate surface area is 156 Å². The molecule has 0 radical (unpaired) electrons. The van der Waals surface area contributed by atoms with Crippen LogP contribution < -0.4 is 15.4 Å². The Morgan fingerprint density at radius 2 is 1.92 bits per heavy atom. The first-order valence-corrected chi connectivity index (χ1v) is 8.65. The van der Waals surface area contributed by atoms with Crippen molar-refractivity contribution in [1.29, 1.82) is 0 Å². The van der Waals surface area contributed by atoms with Crippen LogP contribution in [0, 0.1) is 0 Å². The van der Waals surface area contributed by atoms with Crippen LogP contribution >= 0.6 is 11.6 Å². The van der Waals surface area contributed by atoms with E-state index in [0.29, 0.717) is 17.2 Å². The minimum atomic E-state index is -0.902. The lowest BCUT2D eigenvalue weighted by molar-refractivity contribution is -0.139. The van der Waals surface area contributed by atoms with Crippen molar-refractivity contribution in [3.8, 4) is 5.75 Å². The van der Waals surface area contributed by atoms with Crippen LogP contribution in [0.1, 0.15) is 22.8 Å². The highest BCUT2D eigenvalue weighted by atomic mass is 35.5. The average Bonchev–Trinajstić information content (AvgIpc) is 3.12. The second-order valence-corrected chi connectivity index (χ2v) is 6.37. The number of carbonyl (C=O) groups excluding carboxylic acids is 2. The molecule has 1 aliphatic heterocycles. The maximum atomic E-state index is 11.9. The summed E-state index contributed by atoms with van der Waals surface area (Å²) < 4.78 is 5.42. The van der Waals surface area contributed by atoms with Crippen molar-refractivity contribution in [2.45, 2.75) is 19.1 Å². The zero-order valence-corrected chi connectivity index (χ0v) is 14.8. The average molecular weight is 375 g/mol. The van der Waals surface area contributed by atoms with Crippen LogP contribution in [0.4, 0.5) is 0 Å². The van der Waals surface area contributed by atoms with Gasteiger partial charge in [0.05, 0.1) is 12.7 Å². The number of aliphatic hydroxyl groups excluding tert-OH is 1. The van der Waals surface area contributed by atoms with Gasteiger partial charge in [0.1, 0.15) is 5.75 Å². The molecule has 0 spiro atoms. The standard InChI is InChI=1S/C19H19ClN2O4/c20-15-4-2-1-3-14(15)10-21-18(24)19(25)22-11-16(23)12-5-6-17-13(9-12)7-8-26-17/h1-6,9,16,23H,7-8,10-11H2,(H,21,24)(H,22,25)/t16-/m1/s1. The first kappa shape index (κ1) is 18.2. The van der Waals surface area contributed by atoms with Gasteiger partial charge in [-0.15, -0.1) is 0 Å². The molecule has 136 valence electrons. The van der Waals surface area contributed by atoms with Gasteiger partial charge in [0.2, 0.25) is 0 Å². The van der Waals surface area contributed by atoms with Gasteiger partial charge in [-0.3, -0.25) is 9.59 Å². The lowest BCUT2D eigenvalue weighted by Gasteiger charge is -2.13. The molecule has 2 aromatic carbocycles. The van der Waals surface area contributed by atoms with Crippen LogP contribution in [-0.2, 0) is 22.6 Å². The van der Waals surface area contributed by atoms with Gasteiger partial charge in [-0.2, -0.15) is 0 Å². The van der Waals surface area contributed by atoms with E-state index in [4.69, 9.17) is 16.3 Å². The lowest BCUT2D eigenvalue weighted by atomic mass is 10.0. The van der Waals surface area contributed by atoms with Gasteiger partial charge < -0.3 is 20.5 Å². The van der Waals surface area contributed by atoms with Crippen LogP contribution in [0.25, 0.3) is 0 Å². The van der Waals surface area contributed by atoms with Crippen LogP contribution in [-0.4, -0.2) is 30.1 Å². The highest BCUT2D eigenvalue weighted by Gasteiger charge is 2.18. The summed E-state index contributed by atoms with van der Waals surface area (Å²) in [6.45, 7) is 0.731. The number of halogens is 1. The fraction of sp³-hybridized carbons (Fsp3) is 0.263.